The van der Waals surface area contributed by atoms with Gasteiger partial charge in [-0.1, -0.05) is 19.9 Å². The van der Waals surface area contributed by atoms with E-state index in [1.54, 1.807) is 12.4 Å². The third kappa shape index (κ3) is 7.17. The van der Waals surface area contributed by atoms with Crippen LogP contribution in [-0.2, 0) is 16.1 Å². The average molecular weight is 377 g/mol. The first-order valence-electron chi connectivity index (χ1n) is 9.96. The van der Waals surface area contributed by atoms with Crippen LogP contribution in [-0.4, -0.2) is 42.2 Å². The minimum atomic E-state index is -0.161. The number of pyridine rings is 1. The zero-order chi connectivity index (χ0) is 19.5. The van der Waals surface area contributed by atoms with Gasteiger partial charge in [-0.3, -0.25) is 9.78 Å². The molecule has 150 valence electrons. The second-order valence-corrected chi connectivity index (χ2v) is 7.01. The maximum absolute atomic E-state index is 12.6. The van der Waals surface area contributed by atoms with Gasteiger partial charge in [0, 0.05) is 38.0 Å². The van der Waals surface area contributed by atoms with E-state index in [1.807, 2.05) is 19.1 Å². The zero-order valence-corrected chi connectivity index (χ0v) is 16.4. The Labute approximate surface area is 161 Å². The molecule has 1 fully saturated rings. The molecule has 7 heteroatoms. The van der Waals surface area contributed by atoms with Gasteiger partial charge in [0.05, 0.1) is 12.1 Å². The van der Waals surface area contributed by atoms with Crippen molar-refractivity contribution in [1.82, 2.24) is 20.9 Å². The van der Waals surface area contributed by atoms with E-state index < -0.39 is 0 Å². The summed E-state index contributed by atoms with van der Waals surface area (Å²) >= 11 is 0. The highest BCUT2D eigenvalue weighted by atomic mass is 16.5. The molecule has 0 saturated heterocycles. The van der Waals surface area contributed by atoms with Crippen LogP contribution in [0.1, 0.15) is 51.5 Å². The molecule has 1 aromatic rings. The third-order valence-electron chi connectivity index (χ3n) is 4.74. The van der Waals surface area contributed by atoms with E-state index in [1.165, 1.54) is 0 Å². The Balaban J connectivity index is 1.87. The van der Waals surface area contributed by atoms with E-state index in [-0.39, 0.29) is 30.0 Å². The monoisotopic (exact) mass is 376 g/mol. The van der Waals surface area contributed by atoms with Crippen LogP contribution in [0.4, 0.5) is 4.79 Å². The first kappa shape index (κ1) is 21.2. The minimum absolute atomic E-state index is 0.0397. The second-order valence-electron chi connectivity index (χ2n) is 7.01. The first-order chi connectivity index (χ1) is 13.1. The van der Waals surface area contributed by atoms with Crippen LogP contribution in [0.25, 0.3) is 0 Å². The number of carbonyl (C=O) groups excluding carboxylic acids is 2. The summed E-state index contributed by atoms with van der Waals surface area (Å²) in [5, 5.41) is 8.85. The van der Waals surface area contributed by atoms with E-state index >= 15 is 0 Å². The predicted octanol–water partition coefficient (Wildman–Crippen LogP) is 2.37. The van der Waals surface area contributed by atoms with Crippen molar-refractivity contribution in [3.8, 4) is 0 Å². The van der Waals surface area contributed by atoms with Gasteiger partial charge in [-0.25, -0.2) is 4.79 Å². The van der Waals surface area contributed by atoms with Crippen molar-refractivity contribution in [2.24, 2.45) is 5.92 Å². The molecule has 1 aromatic heterocycles. The molecule has 27 heavy (non-hydrogen) atoms. The Morgan fingerprint density at radius 3 is 2.78 bits per heavy atom. The number of ether oxygens (including phenoxy) is 1. The molecule has 3 amide bonds. The van der Waals surface area contributed by atoms with Gasteiger partial charge in [-0.2, -0.15) is 0 Å². The molecule has 0 radical (unpaired) electrons. The van der Waals surface area contributed by atoms with Gasteiger partial charge >= 0.3 is 6.03 Å². The highest BCUT2D eigenvalue weighted by Crippen LogP contribution is 2.27. The van der Waals surface area contributed by atoms with Gasteiger partial charge in [0.2, 0.25) is 5.91 Å². The Kier molecular flexibility index (Phi) is 9.04. The lowest BCUT2D eigenvalue weighted by Crippen LogP contribution is -2.52. The summed E-state index contributed by atoms with van der Waals surface area (Å²) in [5.41, 5.74) is 0.979. The predicted molar refractivity (Wildman–Crippen MR) is 104 cm³/mol. The summed E-state index contributed by atoms with van der Waals surface area (Å²) < 4.78 is 5.96. The Hall–Kier alpha value is -2.15. The van der Waals surface area contributed by atoms with Crippen molar-refractivity contribution in [3.63, 3.8) is 0 Å². The van der Waals surface area contributed by atoms with Crippen LogP contribution in [0.15, 0.2) is 24.5 Å². The first-order valence-corrected chi connectivity index (χ1v) is 9.96. The van der Waals surface area contributed by atoms with Gasteiger partial charge in [0.1, 0.15) is 0 Å². The number of hydrogen-bond donors (Lipinski definition) is 3. The molecule has 0 spiro atoms. The lowest BCUT2D eigenvalue weighted by Gasteiger charge is -2.35. The summed E-state index contributed by atoms with van der Waals surface area (Å²) in [5.74, 6) is -0.0573. The maximum atomic E-state index is 12.6. The summed E-state index contributed by atoms with van der Waals surface area (Å²) in [6, 6.07) is 3.58. The van der Waals surface area contributed by atoms with Crippen molar-refractivity contribution in [1.29, 1.82) is 0 Å². The van der Waals surface area contributed by atoms with E-state index in [4.69, 9.17) is 4.74 Å². The maximum Gasteiger partial charge on any atom is 0.315 e. The topological polar surface area (TPSA) is 92.4 Å². The largest absolute Gasteiger partial charge is 0.376 e. The van der Waals surface area contributed by atoms with Gasteiger partial charge in [-0.15, -0.1) is 0 Å². The molecule has 1 aliphatic rings. The van der Waals surface area contributed by atoms with Gasteiger partial charge in [0.15, 0.2) is 0 Å². The number of nitrogens with one attached hydrogen (secondary N) is 3. The molecule has 0 bridgehead atoms. The van der Waals surface area contributed by atoms with Crippen molar-refractivity contribution in [2.45, 2.75) is 64.6 Å². The molecular formula is C20H32N4O3. The highest BCUT2D eigenvalue weighted by molar-refractivity contribution is 5.79. The molecule has 0 unspecified atom stereocenters. The van der Waals surface area contributed by atoms with Gasteiger partial charge in [-0.05, 0) is 43.7 Å². The van der Waals surface area contributed by atoms with Gasteiger partial charge < -0.3 is 20.7 Å². The summed E-state index contributed by atoms with van der Waals surface area (Å²) in [6.45, 7) is 5.83. The standard InChI is InChI=1S/C20H32N4O3/c1-3-9-22-20(26)24-17-8-7-16(12-18(17)27-11-4-2)19(25)23-14-15-6-5-10-21-13-15/h5-6,10,13,16-18H,3-4,7-9,11-12,14H2,1-2H3,(H,23,25)(H2,22,24,26)/t16-,17+,18+/m0/s1. The molecule has 3 atom stereocenters. The van der Waals surface area contributed by atoms with E-state index in [2.05, 4.69) is 27.9 Å². The molecule has 1 saturated carbocycles. The molecule has 0 aromatic carbocycles. The van der Waals surface area contributed by atoms with Crippen molar-refractivity contribution in [3.05, 3.63) is 30.1 Å². The number of carbonyl (C=O) groups is 2. The number of amides is 3. The average Bonchev–Trinajstić information content (AvgIpc) is 2.70. The number of nitrogens with zero attached hydrogens (tertiary/aromatic N) is 1. The van der Waals surface area contributed by atoms with Crippen LogP contribution >= 0.6 is 0 Å². The number of urea groups is 1. The molecular weight excluding hydrogens is 344 g/mol. The van der Waals surface area contributed by atoms with Crippen LogP contribution in [0, 0.1) is 5.92 Å². The van der Waals surface area contributed by atoms with E-state index in [0.717, 1.165) is 31.2 Å². The third-order valence-corrected chi connectivity index (χ3v) is 4.74. The second kappa shape index (κ2) is 11.5. The quantitative estimate of drug-likeness (QED) is 0.617. The zero-order valence-electron chi connectivity index (χ0n) is 16.4. The molecule has 1 aliphatic carbocycles. The molecule has 0 aliphatic heterocycles. The summed E-state index contributed by atoms with van der Waals surface area (Å²) in [4.78, 5) is 28.6. The highest BCUT2D eigenvalue weighted by Gasteiger charge is 2.35. The minimum Gasteiger partial charge on any atom is -0.376 e. The van der Waals surface area contributed by atoms with Crippen molar-refractivity contribution in [2.75, 3.05) is 13.2 Å². The Morgan fingerprint density at radius 2 is 2.07 bits per heavy atom. The van der Waals surface area contributed by atoms with E-state index in [9.17, 15) is 9.59 Å². The lowest BCUT2D eigenvalue weighted by molar-refractivity contribution is -0.128. The van der Waals surface area contributed by atoms with Crippen molar-refractivity contribution >= 4 is 11.9 Å². The summed E-state index contributed by atoms with van der Waals surface area (Å²) in [6.07, 6.45) is 7.23. The Morgan fingerprint density at radius 1 is 1.22 bits per heavy atom. The molecule has 3 N–H and O–H groups in total. The lowest BCUT2D eigenvalue weighted by atomic mass is 9.83. The van der Waals surface area contributed by atoms with Crippen LogP contribution in [0.5, 0.6) is 0 Å². The fraction of sp³-hybridized carbons (Fsp3) is 0.650. The summed E-state index contributed by atoms with van der Waals surface area (Å²) in [7, 11) is 0. The smallest absolute Gasteiger partial charge is 0.315 e. The SMILES string of the molecule is CCCNC(=O)N[C@@H]1CC[C@H](C(=O)NCc2cccnc2)C[C@H]1OCCC. The molecule has 7 nitrogen and oxygen atoms in total. The number of rotatable bonds is 9. The number of hydrogen-bond acceptors (Lipinski definition) is 4. The van der Waals surface area contributed by atoms with Crippen LogP contribution in [0.3, 0.4) is 0 Å². The fourth-order valence-electron chi connectivity index (χ4n) is 3.28. The van der Waals surface area contributed by atoms with Gasteiger partial charge in [0.25, 0.3) is 0 Å². The van der Waals surface area contributed by atoms with E-state index in [0.29, 0.717) is 26.1 Å². The molecule has 2 rings (SSSR count). The molecule has 1 heterocycles. The fourth-order valence-corrected chi connectivity index (χ4v) is 3.28. The number of aromatic nitrogens is 1. The van der Waals surface area contributed by atoms with Crippen LogP contribution < -0.4 is 16.0 Å². The van der Waals surface area contributed by atoms with Crippen molar-refractivity contribution < 1.29 is 14.3 Å². The normalized spacial score (nSPS) is 22.1. The Bertz CT molecular complexity index is 582. The van der Waals surface area contributed by atoms with Crippen LogP contribution in [0.2, 0.25) is 0 Å².